The average molecular weight is 584 g/mol. The summed E-state index contributed by atoms with van der Waals surface area (Å²) in [5, 5.41) is 12.6. The van der Waals surface area contributed by atoms with Crippen LogP contribution in [-0.4, -0.2) is 90.5 Å². The first kappa shape index (κ1) is 29.9. The van der Waals surface area contributed by atoms with E-state index in [0.717, 1.165) is 0 Å². The molecule has 2 aromatic carbocycles. The summed E-state index contributed by atoms with van der Waals surface area (Å²) in [7, 11) is -0.952. The van der Waals surface area contributed by atoms with Crippen LogP contribution in [0.15, 0.2) is 66.0 Å². The smallest absolute Gasteiger partial charge is 0.275 e. The van der Waals surface area contributed by atoms with Crippen LogP contribution in [-0.2, 0) is 10.0 Å². The van der Waals surface area contributed by atoms with Gasteiger partial charge in [-0.1, -0.05) is 13.0 Å². The third-order valence-corrected chi connectivity index (χ3v) is 8.78. The number of fused-ring (bicyclic) bond motifs is 1. The van der Waals surface area contributed by atoms with Gasteiger partial charge in [0.1, 0.15) is 17.5 Å². The van der Waals surface area contributed by atoms with Crippen LogP contribution in [0, 0.1) is 5.92 Å². The second-order valence-corrected chi connectivity index (χ2v) is 11.9. The molecule has 2 heterocycles. The number of carbonyl (C=O) groups excluding carboxylic acids is 2. The molecule has 3 aromatic rings. The van der Waals surface area contributed by atoms with Crippen molar-refractivity contribution in [3.05, 3.63) is 72.3 Å². The number of likely N-dealkylation sites (N-methyl/N-ethyl adjacent to an activating group) is 1. The number of nitrogens with zero attached hydrogens (tertiary/aromatic N) is 4. The summed E-state index contributed by atoms with van der Waals surface area (Å²) in [5.74, 6) is -0.690. The maximum atomic E-state index is 13.7. The van der Waals surface area contributed by atoms with E-state index in [1.54, 1.807) is 37.3 Å². The fraction of sp³-hybridized carbons (Fsp3) is 0.357. The molecular weight excluding hydrogens is 550 g/mol. The Morgan fingerprint density at radius 1 is 1.24 bits per heavy atom. The van der Waals surface area contributed by atoms with Gasteiger partial charge in [0.2, 0.25) is 10.0 Å². The average Bonchev–Trinajstić information content (AvgIpc) is 2.99. The van der Waals surface area contributed by atoms with E-state index in [1.165, 1.54) is 54.1 Å². The molecule has 12 nitrogen and oxygen atoms in total. The van der Waals surface area contributed by atoms with Crippen molar-refractivity contribution in [3.63, 3.8) is 0 Å². The maximum absolute atomic E-state index is 13.7. The normalized spacial score (nSPS) is 18.1. The number of aliphatic hydroxyl groups is 1. The highest BCUT2D eigenvalue weighted by molar-refractivity contribution is 7.89. The SMILES string of the molecule is COc1ccc(S(=O)(=O)N(C)C[C@H]2Oc3c(NC(=O)c4cnccn4)cccc3C(=O)N([C@@H](C)CO)C[C@H]2C)cc1. The number of hydrogen-bond donors (Lipinski definition) is 2. The number of nitrogens with one attached hydrogen (secondary N) is 1. The predicted octanol–water partition coefficient (Wildman–Crippen LogP) is 2.28. The van der Waals surface area contributed by atoms with Crippen molar-refractivity contribution in [2.24, 2.45) is 5.92 Å². The van der Waals surface area contributed by atoms with Crippen LogP contribution >= 0.6 is 0 Å². The van der Waals surface area contributed by atoms with Gasteiger partial charge in [-0.3, -0.25) is 14.6 Å². The fourth-order valence-corrected chi connectivity index (χ4v) is 5.62. The Morgan fingerprint density at radius 3 is 2.61 bits per heavy atom. The van der Waals surface area contributed by atoms with Gasteiger partial charge in [-0.25, -0.2) is 13.4 Å². The number of sulfonamides is 1. The fourth-order valence-electron chi connectivity index (χ4n) is 4.44. The second-order valence-electron chi connectivity index (χ2n) is 9.81. The molecule has 13 heteroatoms. The molecule has 2 amide bonds. The van der Waals surface area contributed by atoms with Crippen LogP contribution in [0.25, 0.3) is 0 Å². The number of hydrogen-bond acceptors (Lipinski definition) is 9. The number of rotatable bonds is 9. The molecule has 3 atom stereocenters. The minimum Gasteiger partial charge on any atom is -0.497 e. The lowest BCUT2D eigenvalue weighted by Gasteiger charge is -2.38. The van der Waals surface area contributed by atoms with Crippen molar-refractivity contribution in [3.8, 4) is 11.5 Å². The maximum Gasteiger partial charge on any atom is 0.275 e. The summed E-state index contributed by atoms with van der Waals surface area (Å²) < 4.78 is 39.6. The van der Waals surface area contributed by atoms with Crippen LogP contribution in [0.4, 0.5) is 5.69 Å². The summed E-state index contributed by atoms with van der Waals surface area (Å²) in [6.45, 7) is 3.44. The first-order valence-corrected chi connectivity index (χ1v) is 14.4. The van der Waals surface area contributed by atoms with Crippen LogP contribution in [0.5, 0.6) is 11.5 Å². The molecule has 0 saturated carbocycles. The lowest BCUT2D eigenvalue weighted by molar-refractivity contribution is 0.0388. The Hall–Kier alpha value is -4.07. The lowest BCUT2D eigenvalue weighted by Crippen LogP contribution is -2.50. The van der Waals surface area contributed by atoms with Crippen LogP contribution in [0.3, 0.4) is 0 Å². The van der Waals surface area contributed by atoms with E-state index in [1.807, 2.05) is 6.92 Å². The molecule has 0 spiro atoms. The topological polar surface area (TPSA) is 151 Å². The van der Waals surface area contributed by atoms with Gasteiger partial charge >= 0.3 is 0 Å². The number of aliphatic hydroxyl groups excluding tert-OH is 1. The van der Waals surface area contributed by atoms with Crippen LogP contribution in [0.1, 0.15) is 34.7 Å². The van der Waals surface area contributed by atoms with Crippen molar-refractivity contribution in [1.82, 2.24) is 19.2 Å². The number of benzene rings is 2. The van der Waals surface area contributed by atoms with E-state index in [-0.39, 0.29) is 59.1 Å². The number of anilines is 1. The molecule has 41 heavy (non-hydrogen) atoms. The molecule has 1 aliphatic heterocycles. The zero-order chi connectivity index (χ0) is 29.7. The first-order chi connectivity index (χ1) is 19.6. The van der Waals surface area contributed by atoms with Crippen molar-refractivity contribution in [2.45, 2.75) is 30.9 Å². The zero-order valence-corrected chi connectivity index (χ0v) is 24.0. The third kappa shape index (κ3) is 6.47. The van der Waals surface area contributed by atoms with Gasteiger partial charge in [0.25, 0.3) is 11.8 Å². The molecule has 0 saturated heterocycles. The van der Waals surface area contributed by atoms with Crippen molar-refractivity contribution < 1.29 is 32.6 Å². The standard InChI is InChI=1S/C28H33N5O7S/c1-18-15-33(19(2)17-34)28(36)22-6-5-7-23(31-27(35)24-14-29-12-13-30-24)26(22)40-25(18)16-32(3)41(37,38)21-10-8-20(39-4)9-11-21/h5-14,18-19,25,34H,15-17H2,1-4H3,(H,31,35)/t18-,19+,25-/m1/s1. The highest BCUT2D eigenvalue weighted by atomic mass is 32.2. The molecule has 0 aliphatic carbocycles. The number of methoxy groups -OCH3 is 1. The van der Waals surface area contributed by atoms with Crippen molar-refractivity contribution in [1.29, 1.82) is 0 Å². The molecular formula is C28H33N5O7S. The van der Waals surface area contributed by atoms with Gasteiger partial charge in [0.05, 0.1) is 48.6 Å². The molecule has 1 aromatic heterocycles. The Bertz CT molecular complexity index is 1490. The number of carbonyl (C=O) groups is 2. The number of aromatic nitrogens is 2. The van der Waals surface area contributed by atoms with Gasteiger partial charge in [-0.2, -0.15) is 4.31 Å². The molecule has 0 unspecified atom stereocenters. The Kier molecular flexibility index (Phi) is 9.21. The highest BCUT2D eigenvalue weighted by Gasteiger charge is 2.36. The van der Waals surface area contributed by atoms with E-state index < -0.39 is 28.1 Å². The molecule has 218 valence electrons. The van der Waals surface area contributed by atoms with Gasteiger partial charge in [-0.15, -0.1) is 0 Å². The van der Waals surface area contributed by atoms with E-state index in [4.69, 9.17) is 9.47 Å². The first-order valence-electron chi connectivity index (χ1n) is 13.0. The highest BCUT2D eigenvalue weighted by Crippen LogP contribution is 2.35. The van der Waals surface area contributed by atoms with Crippen molar-refractivity contribution >= 4 is 27.5 Å². The van der Waals surface area contributed by atoms with Gasteiger partial charge < -0.3 is 24.8 Å². The molecule has 0 radical (unpaired) electrons. The lowest BCUT2D eigenvalue weighted by atomic mass is 9.99. The number of amides is 2. The Morgan fingerprint density at radius 2 is 1.98 bits per heavy atom. The number of ether oxygens (including phenoxy) is 2. The van der Waals surface area contributed by atoms with Crippen molar-refractivity contribution in [2.75, 3.05) is 39.2 Å². The Labute approximate surface area is 239 Å². The minimum atomic E-state index is -3.90. The summed E-state index contributed by atoms with van der Waals surface area (Å²) in [6.07, 6.45) is 3.40. The summed E-state index contributed by atoms with van der Waals surface area (Å²) in [5.41, 5.74) is 0.440. The van der Waals surface area contributed by atoms with Gasteiger partial charge in [0.15, 0.2) is 5.75 Å². The molecule has 0 fully saturated rings. The molecule has 4 rings (SSSR count). The minimum absolute atomic E-state index is 0.0586. The molecule has 0 bridgehead atoms. The predicted molar refractivity (Wildman–Crippen MR) is 150 cm³/mol. The van der Waals surface area contributed by atoms with E-state index in [9.17, 15) is 23.1 Å². The summed E-state index contributed by atoms with van der Waals surface area (Å²) in [4.78, 5) is 36.1. The van der Waals surface area contributed by atoms with E-state index in [2.05, 4.69) is 15.3 Å². The largest absolute Gasteiger partial charge is 0.497 e. The third-order valence-electron chi connectivity index (χ3n) is 6.94. The zero-order valence-electron chi connectivity index (χ0n) is 23.2. The quantitative estimate of drug-likeness (QED) is 0.387. The number of para-hydroxylation sites is 1. The molecule has 1 aliphatic rings. The van der Waals surface area contributed by atoms with Gasteiger partial charge in [0, 0.05) is 31.9 Å². The van der Waals surface area contributed by atoms with Crippen LogP contribution < -0.4 is 14.8 Å². The van der Waals surface area contributed by atoms with E-state index in [0.29, 0.717) is 5.75 Å². The summed E-state index contributed by atoms with van der Waals surface area (Å²) >= 11 is 0. The monoisotopic (exact) mass is 583 g/mol. The summed E-state index contributed by atoms with van der Waals surface area (Å²) in [6, 6.07) is 10.3. The molecule has 2 N–H and O–H groups in total. The van der Waals surface area contributed by atoms with Gasteiger partial charge in [-0.05, 0) is 43.3 Å². The second kappa shape index (κ2) is 12.6. The van der Waals surface area contributed by atoms with Crippen LogP contribution in [0.2, 0.25) is 0 Å². The Balaban J connectivity index is 1.71. The van der Waals surface area contributed by atoms with E-state index >= 15 is 0 Å².